The highest BCUT2D eigenvalue weighted by Crippen LogP contribution is 2.31. The molecule has 1 saturated carbocycles. The maximum Gasteiger partial charge on any atom is 0.228 e. The number of nitrogens with one attached hydrogen (secondary N) is 1. The minimum absolute atomic E-state index is 0.0753. The lowest BCUT2D eigenvalue weighted by molar-refractivity contribution is -0.117. The van der Waals surface area contributed by atoms with Crippen LogP contribution in [0, 0.1) is 12.8 Å². The van der Waals surface area contributed by atoms with E-state index in [1.165, 1.54) is 11.1 Å². The molecule has 0 atom stereocenters. The van der Waals surface area contributed by atoms with Gasteiger partial charge in [0, 0.05) is 12.1 Å². The first kappa shape index (κ1) is 13.4. The van der Waals surface area contributed by atoms with Gasteiger partial charge in [0.2, 0.25) is 5.91 Å². The van der Waals surface area contributed by atoms with Gasteiger partial charge in [-0.15, -0.1) is 0 Å². The van der Waals surface area contributed by atoms with Gasteiger partial charge in [0.05, 0.1) is 11.0 Å². The lowest BCUT2D eigenvalue weighted by Gasteiger charge is -2.03. The summed E-state index contributed by atoms with van der Waals surface area (Å²) >= 11 is 3.44. The van der Waals surface area contributed by atoms with Crippen molar-refractivity contribution < 1.29 is 4.79 Å². The number of amides is 1. The Labute approximate surface area is 126 Å². The SMILES string of the molecule is Cc1ccc(Cn2cc(Br)c(NC(=O)C3CC3)n2)cc1. The zero-order valence-corrected chi connectivity index (χ0v) is 12.9. The van der Waals surface area contributed by atoms with Gasteiger partial charge >= 0.3 is 0 Å². The van der Waals surface area contributed by atoms with Gasteiger partial charge in [-0.3, -0.25) is 9.48 Å². The van der Waals surface area contributed by atoms with E-state index in [-0.39, 0.29) is 11.8 Å². The molecule has 3 rings (SSSR count). The number of nitrogens with zero attached hydrogens (tertiary/aromatic N) is 2. The summed E-state index contributed by atoms with van der Waals surface area (Å²) in [6.45, 7) is 2.76. The van der Waals surface area contributed by atoms with Crippen LogP contribution < -0.4 is 5.32 Å². The molecule has 2 aromatic rings. The Balaban J connectivity index is 1.71. The maximum atomic E-state index is 11.8. The Morgan fingerprint density at radius 2 is 2.10 bits per heavy atom. The molecule has 5 heteroatoms. The summed E-state index contributed by atoms with van der Waals surface area (Å²) in [5.41, 5.74) is 2.43. The third-order valence-corrected chi connectivity index (χ3v) is 3.95. The quantitative estimate of drug-likeness (QED) is 0.932. The Morgan fingerprint density at radius 1 is 1.40 bits per heavy atom. The lowest BCUT2D eigenvalue weighted by Crippen LogP contribution is -2.14. The molecule has 1 aliphatic carbocycles. The van der Waals surface area contributed by atoms with E-state index in [2.05, 4.69) is 57.5 Å². The van der Waals surface area contributed by atoms with Gasteiger partial charge in [0.15, 0.2) is 5.82 Å². The van der Waals surface area contributed by atoms with Crippen molar-refractivity contribution in [2.24, 2.45) is 5.92 Å². The first-order valence-electron chi connectivity index (χ1n) is 6.71. The van der Waals surface area contributed by atoms with Crippen molar-refractivity contribution in [1.29, 1.82) is 0 Å². The van der Waals surface area contributed by atoms with Crippen molar-refractivity contribution in [2.75, 3.05) is 5.32 Å². The van der Waals surface area contributed by atoms with E-state index in [1.807, 2.05) is 10.9 Å². The Kier molecular flexibility index (Phi) is 3.61. The molecule has 1 N–H and O–H groups in total. The van der Waals surface area contributed by atoms with E-state index < -0.39 is 0 Å². The van der Waals surface area contributed by atoms with Crippen molar-refractivity contribution in [3.63, 3.8) is 0 Å². The van der Waals surface area contributed by atoms with E-state index in [1.54, 1.807) is 0 Å². The van der Waals surface area contributed by atoms with Crippen LogP contribution in [0.4, 0.5) is 5.82 Å². The van der Waals surface area contributed by atoms with E-state index in [0.29, 0.717) is 12.4 Å². The second kappa shape index (κ2) is 5.40. The topological polar surface area (TPSA) is 46.9 Å². The maximum absolute atomic E-state index is 11.8. The van der Waals surface area contributed by atoms with Crippen molar-refractivity contribution in [2.45, 2.75) is 26.3 Å². The molecule has 4 nitrogen and oxygen atoms in total. The molecular weight excluding hydrogens is 318 g/mol. The van der Waals surface area contributed by atoms with Gasteiger partial charge in [0.1, 0.15) is 0 Å². The standard InChI is InChI=1S/C15H16BrN3O/c1-10-2-4-11(5-3-10)8-19-9-13(16)14(18-19)17-15(20)12-6-7-12/h2-5,9,12H,6-8H2,1H3,(H,17,18,20). The number of carbonyl (C=O) groups is 1. The van der Waals surface area contributed by atoms with Gasteiger partial charge in [-0.25, -0.2) is 0 Å². The fourth-order valence-electron chi connectivity index (χ4n) is 2.01. The fraction of sp³-hybridized carbons (Fsp3) is 0.333. The second-order valence-corrected chi connectivity index (χ2v) is 6.13. The largest absolute Gasteiger partial charge is 0.308 e. The summed E-state index contributed by atoms with van der Waals surface area (Å²) in [4.78, 5) is 11.8. The van der Waals surface area contributed by atoms with Crippen LogP contribution in [0.15, 0.2) is 34.9 Å². The highest BCUT2D eigenvalue weighted by molar-refractivity contribution is 9.10. The number of carbonyl (C=O) groups excluding carboxylic acids is 1. The van der Waals surface area contributed by atoms with E-state index in [0.717, 1.165) is 17.3 Å². The predicted molar refractivity (Wildman–Crippen MR) is 81.6 cm³/mol. The number of rotatable bonds is 4. The number of hydrogen-bond donors (Lipinski definition) is 1. The molecule has 1 amide bonds. The van der Waals surface area contributed by atoms with Crippen LogP contribution in [0.2, 0.25) is 0 Å². The molecule has 1 fully saturated rings. The van der Waals surface area contributed by atoms with Crippen LogP contribution in [-0.2, 0) is 11.3 Å². The van der Waals surface area contributed by atoms with Gasteiger partial charge in [-0.1, -0.05) is 29.8 Å². The molecule has 1 aliphatic rings. The van der Waals surface area contributed by atoms with Crippen LogP contribution in [0.5, 0.6) is 0 Å². The second-order valence-electron chi connectivity index (χ2n) is 5.27. The molecule has 0 spiro atoms. The summed E-state index contributed by atoms with van der Waals surface area (Å²) in [6, 6.07) is 8.36. The molecule has 0 unspecified atom stereocenters. The summed E-state index contributed by atoms with van der Waals surface area (Å²) in [6.07, 6.45) is 3.88. The van der Waals surface area contributed by atoms with Crippen LogP contribution >= 0.6 is 15.9 Å². The molecule has 20 heavy (non-hydrogen) atoms. The lowest BCUT2D eigenvalue weighted by atomic mass is 10.1. The van der Waals surface area contributed by atoms with E-state index in [9.17, 15) is 4.79 Å². The average Bonchev–Trinajstić information content (AvgIpc) is 3.20. The molecule has 104 valence electrons. The summed E-state index contributed by atoms with van der Waals surface area (Å²) < 4.78 is 2.65. The minimum Gasteiger partial charge on any atom is -0.308 e. The number of benzene rings is 1. The monoisotopic (exact) mass is 333 g/mol. The molecule has 1 aromatic carbocycles. The molecule has 1 heterocycles. The minimum atomic E-state index is 0.0753. The Morgan fingerprint density at radius 3 is 2.75 bits per heavy atom. The van der Waals surface area contributed by atoms with Gasteiger partial charge in [-0.2, -0.15) is 5.10 Å². The summed E-state index contributed by atoms with van der Waals surface area (Å²) in [5.74, 6) is 0.865. The highest BCUT2D eigenvalue weighted by Gasteiger charge is 2.30. The van der Waals surface area contributed by atoms with Crippen LogP contribution in [-0.4, -0.2) is 15.7 Å². The third-order valence-electron chi connectivity index (χ3n) is 3.37. The number of hydrogen-bond acceptors (Lipinski definition) is 2. The first-order chi connectivity index (χ1) is 9.61. The first-order valence-corrected chi connectivity index (χ1v) is 7.50. The van der Waals surface area contributed by atoms with Crippen molar-refractivity contribution in [3.05, 3.63) is 46.1 Å². The average molecular weight is 334 g/mol. The summed E-state index contributed by atoms with van der Waals surface area (Å²) in [7, 11) is 0. The third kappa shape index (κ3) is 3.10. The molecular formula is C15H16BrN3O. The number of halogens is 1. The number of aryl methyl sites for hydroxylation is 1. The van der Waals surface area contributed by atoms with Gasteiger partial charge < -0.3 is 5.32 Å². The van der Waals surface area contributed by atoms with Crippen molar-refractivity contribution in [1.82, 2.24) is 9.78 Å². The van der Waals surface area contributed by atoms with Crippen molar-refractivity contribution in [3.8, 4) is 0 Å². The predicted octanol–water partition coefficient (Wildman–Crippen LogP) is 3.35. The zero-order chi connectivity index (χ0) is 14.1. The molecule has 0 bridgehead atoms. The van der Waals surface area contributed by atoms with E-state index >= 15 is 0 Å². The van der Waals surface area contributed by atoms with E-state index in [4.69, 9.17) is 0 Å². The molecule has 0 saturated heterocycles. The number of aromatic nitrogens is 2. The van der Waals surface area contributed by atoms with Gasteiger partial charge in [-0.05, 0) is 41.3 Å². The molecule has 0 radical (unpaired) electrons. The zero-order valence-electron chi connectivity index (χ0n) is 11.3. The normalized spacial score (nSPS) is 14.3. The molecule has 1 aromatic heterocycles. The highest BCUT2D eigenvalue weighted by atomic mass is 79.9. The molecule has 0 aliphatic heterocycles. The fourth-order valence-corrected chi connectivity index (χ4v) is 2.42. The summed E-state index contributed by atoms with van der Waals surface area (Å²) in [5, 5.41) is 7.29. The van der Waals surface area contributed by atoms with Gasteiger partial charge in [0.25, 0.3) is 0 Å². The smallest absolute Gasteiger partial charge is 0.228 e. The van der Waals surface area contributed by atoms with Crippen LogP contribution in [0.1, 0.15) is 24.0 Å². The van der Waals surface area contributed by atoms with Crippen LogP contribution in [0.3, 0.4) is 0 Å². The van der Waals surface area contributed by atoms with Crippen LogP contribution in [0.25, 0.3) is 0 Å². The Bertz CT molecular complexity index is 629. The Hall–Kier alpha value is -1.62. The van der Waals surface area contributed by atoms with Crippen molar-refractivity contribution >= 4 is 27.7 Å². The number of anilines is 1.